The summed E-state index contributed by atoms with van der Waals surface area (Å²) < 4.78 is 5.52. The van der Waals surface area contributed by atoms with Gasteiger partial charge >= 0.3 is 0 Å². The molecule has 1 N–H and O–H groups in total. The van der Waals surface area contributed by atoms with E-state index in [9.17, 15) is 0 Å². The highest BCUT2D eigenvalue weighted by atomic mass is 16.5. The molecule has 1 saturated carbocycles. The van der Waals surface area contributed by atoms with Crippen molar-refractivity contribution in [2.75, 3.05) is 19.8 Å². The fourth-order valence-corrected chi connectivity index (χ4v) is 4.42. The van der Waals surface area contributed by atoms with Gasteiger partial charge in [-0.2, -0.15) is 0 Å². The third kappa shape index (κ3) is 5.90. The first kappa shape index (κ1) is 17.3. The van der Waals surface area contributed by atoms with E-state index >= 15 is 0 Å². The van der Waals surface area contributed by atoms with E-state index < -0.39 is 0 Å². The standard InChI is InChI=1S/C19H37NO/c1-3-5-6-16-7-9-18(10-8-16)19(20-4-2)15-17-11-13-21-14-12-17/h16-20H,3-15H2,1-2H3. The zero-order valence-corrected chi connectivity index (χ0v) is 14.4. The summed E-state index contributed by atoms with van der Waals surface area (Å²) in [6.45, 7) is 7.70. The summed E-state index contributed by atoms with van der Waals surface area (Å²) in [5.41, 5.74) is 0. The third-order valence-electron chi connectivity index (χ3n) is 5.82. The average Bonchev–Trinajstić information content (AvgIpc) is 2.54. The predicted octanol–water partition coefficient (Wildman–Crippen LogP) is 4.78. The lowest BCUT2D eigenvalue weighted by Crippen LogP contribution is -2.40. The van der Waals surface area contributed by atoms with Crippen LogP contribution in [-0.2, 0) is 4.74 Å². The second-order valence-corrected chi connectivity index (χ2v) is 7.38. The van der Waals surface area contributed by atoms with Gasteiger partial charge in [0.05, 0.1) is 0 Å². The average molecular weight is 296 g/mol. The molecule has 0 aromatic carbocycles. The largest absolute Gasteiger partial charge is 0.381 e. The highest BCUT2D eigenvalue weighted by Crippen LogP contribution is 2.36. The Balaban J connectivity index is 1.76. The van der Waals surface area contributed by atoms with Crippen LogP contribution in [0.3, 0.4) is 0 Å². The van der Waals surface area contributed by atoms with Gasteiger partial charge in [-0.15, -0.1) is 0 Å². The van der Waals surface area contributed by atoms with Crippen molar-refractivity contribution in [3.8, 4) is 0 Å². The minimum absolute atomic E-state index is 0.769. The van der Waals surface area contributed by atoms with Gasteiger partial charge in [-0.05, 0) is 56.4 Å². The Morgan fingerprint density at radius 1 is 0.952 bits per heavy atom. The molecular weight excluding hydrogens is 258 g/mol. The van der Waals surface area contributed by atoms with Gasteiger partial charge < -0.3 is 10.1 Å². The molecule has 1 saturated heterocycles. The van der Waals surface area contributed by atoms with Crippen molar-refractivity contribution in [1.82, 2.24) is 5.32 Å². The molecule has 0 radical (unpaired) electrons. The van der Waals surface area contributed by atoms with Gasteiger partial charge in [-0.1, -0.05) is 46.0 Å². The molecule has 1 unspecified atom stereocenters. The predicted molar refractivity (Wildman–Crippen MR) is 90.6 cm³/mol. The molecule has 0 amide bonds. The minimum Gasteiger partial charge on any atom is -0.381 e. The quantitative estimate of drug-likeness (QED) is 0.696. The van der Waals surface area contributed by atoms with Crippen molar-refractivity contribution in [2.24, 2.45) is 17.8 Å². The van der Waals surface area contributed by atoms with Crippen LogP contribution in [0.2, 0.25) is 0 Å². The van der Waals surface area contributed by atoms with Crippen LogP contribution >= 0.6 is 0 Å². The molecule has 0 spiro atoms. The van der Waals surface area contributed by atoms with Gasteiger partial charge in [-0.25, -0.2) is 0 Å². The van der Waals surface area contributed by atoms with Crippen molar-refractivity contribution >= 4 is 0 Å². The Kier molecular flexibility index (Phi) is 8.10. The molecule has 1 heterocycles. The lowest BCUT2D eigenvalue weighted by atomic mass is 9.74. The van der Waals surface area contributed by atoms with Crippen molar-refractivity contribution in [3.63, 3.8) is 0 Å². The van der Waals surface area contributed by atoms with E-state index in [1.54, 1.807) is 0 Å². The maximum Gasteiger partial charge on any atom is 0.0468 e. The molecule has 2 heteroatoms. The summed E-state index contributed by atoms with van der Waals surface area (Å²) in [5.74, 6) is 2.87. The van der Waals surface area contributed by atoms with E-state index in [1.807, 2.05) is 0 Å². The molecule has 124 valence electrons. The van der Waals surface area contributed by atoms with E-state index in [-0.39, 0.29) is 0 Å². The van der Waals surface area contributed by atoms with E-state index in [0.717, 1.165) is 43.6 Å². The smallest absolute Gasteiger partial charge is 0.0468 e. The van der Waals surface area contributed by atoms with Crippen LogP contribution in [0.4, 0.5) is 0 Å². The molecule has 2 nitrogen and oxygen atoms in total. The van der Waals surface area contributed by atoms with E-state index in [1.165, 1.54) is 64.2 Å². The van der Waals surface area contributed by atoms with Crippen LogP contribution in [0.15, 0.2) is 0 Å². The number of ether oxygens (including phenoxy) is 1. The lowest BCUT2D eigenvalue weighted by Gasteiger charge is -2.37. The summed E-state index contributed by atoms with van der Waals surface area (Å²) in [7, 11) is 0. The van der Waals surface area contributed by atoms with Crippen LogP contribution in [-0.4, -0.2) is 25.8 Å². The Bertz CT molecular complexity index is 254. The maximum atomic E-state index is 5.52. The maximum absolute atomic E-state index is 5.52. The molecular formula is C19H37NO. The van der Waals surface area contributed by atoms with Gasteiger partial charge in [-0.3, -0.25) is 0 Å². The Hall–Kier alpha value is -0.0800. The van der Waals surface area contributed by atoms with Gasteiger partial charge in [0.2, 0.25) is 0 Å². The fraction of sp³-hybridized carbons (Fsp3) is 1.00. The number of hydrogen-bond acceptors (Lipinski definition) is 2. The van der Waals surface area contributed by atoms with Crippen molar-refractivity contribution < 1.29 is 4.74 Å². The van der Waals surface area contributed by atoms with Gasteiger partial charge in [0.25, 0.3) is 0 Å². The molecule has 2 rings (SSSR count). The van der Waals surface area contributed by atoms with Crippen LogP contribution in [0.1, 0.15) is 78.1 Å². The number of nitrogens with one attached hydrogen (secondary N) is 1. The molecule has 1 aliphatic carbocycles. The number of hydrogen-bond donors (Lipinski definition) is 1. The number of rotatable bonds is 8. The molecule has 0 aromatic heterocycles. The normalized spacial score (nSPS) is 29.4. The molecule has 2 aliphatic rings. The van der Waals surface area contributed by atoms with Crippen molar-refractivity contribution in [2.45, 2.75) is 84.1 Å². The van der Waals surface area contributed by atoms with Crippen molar-refractivity contribution in [3.05, 3.63) is 0 Å². The van der Waals surface area contributed by atoms with Gasteiger partial charge in [0.15, 0.2) is 0 Å². The Morgan fingerprint density at radius 3 is 2.29 bits per heavy atom. The first-order valence-electron chi connectivity index (χ1n) is 9.64. The summed E-state index contributed by atoms with van der Waals surface area (Å²) in [6, 6.07) is 0.769. The Labute approximate surface area is 132 Å². The van der Waals surface area contributed by atoms with Crippen LogP contribution < -0.4 is 5.32 Å². The van der Waals surface area contributed by atoms with Crippen molar-refractivity contribution in [1.29, 1.82) is 0 Å². The summed E-state index contributed by atoms with van der Waals surface area (Å²) in [6.07, 6.45) is 14.2. The highest BCUT2D eigenvalue weighted by Gasteiger charge is 2.29. The Morgan fingerprint density at radius 2 is 1.67 bits per heavy atom. The van der Waals surface area contributed by atoms with E-state index in [2.05, 4.69) is 19.2 Å². The molecule has 0 bridgehead atoms. The lowest BCUT2D eigenvalue weighted by molar-refractivity contribution is 0.0557. The summed E-state index contributed by atoms with van der Waals surface area (Å²) in [4.78, 5) is 0. The second-order valence-electron chi connectivity index (χ2n) is 7.38. The third-order valence-corrected chi connectivity index (χ3v) is 5.82. The molecule has 0 aromatic rings. The first-order chi connectivity index (χ1) is 10.3. The summed E-state index contributed by atoms with van der Waals surface area (Å²) in [5, 5.41) is 3.82. The minimum atomic E-state index is 0.769. The van der Waals surface area contributed by atoms with Gasteiger partial charge in [0.1, 0.15) is 0 Å². The van der Waals surface area contributed by atoms with Gasteiger partial charge in [0, 0.05) is 19.3 Å². The molecule has 1 atom stereocenters. The SMILES string of the molecule is CCCCC1CCC(C(CC2CCOCC2)NCC)CC1. The molecule has 21 heavy (non-hydrogen) atoms. The topological polar surface area (TPSA) is 21.3 Å². The van der Waals surface area contributed by atoms with Crippen LogP contribution in [0, 0.1) is 17.8 Å². The highest BCUT2D eigenvalue weighted by molar-refractivity contribution is 4.84. The monoisotopic (exact) mass is 295 g/mol. The summed E-state index contributed by atoms with van der Waals surface area (Å²) >= 11 is 0. The zero-order chi connectivity index (χ0) is 14.9. The van der Waals surface area contributed by atoms with Crippen LogP contribution in [0.25, 0.3) is 0 Å². The van der Waals surface area contributed by atoms with Crippen LogP contribution in [0.5, 0.6) is 0 Å². The molecule has 1 aliphatic heterocycles. The first-order valence-corrected chi connectivity index (χ1v) is 9.64. The molecule has 2 fully saturated rings. The number of unbranched alkanes of at least 4 members (excludes halogenated alkanes) is 1. The zero-order valence-electron chi connectivity index (χ0n) is 14.4. The fourth-order valence-electron chi connectivity index (χ4n) is 4.42. The van der Waals surface area contributed by atoms with E-state index in [4.69, 9.17) is 4.74 Å². The second kappa shape index (κ2) is 9.84. The van der Waals surface area contributed by atoms with E-state index in [0.29, 0.717) is 0 Å².